The first-order chi connectivity index (χ1) is 21.0. The second-order valence-electron chi connectivity index (χ2n) is 11.0. The first-order valence-corrected chi connectivity index (χ1v) is 14.8. The van der Waals surface area contributed by atoms with Crippen molar-refractivity contribution in [3.8, 4) is 5.75 Å². The van der Waals surface area contributed by atoms with Gasteiger partial charge in [0.1, 0.15) is 18.9 Å². The van der Waals surface area contributed by atoms with Gasteiger partial charge in [-0.15, -0.1) is 0 Å². The Morgan fingerprint density at radius 3 is 2.63 bits per heavy atom. The number of hydrogen-bond donors (Lipinski definition) is 1. The number of fused-ring (bicyclic) bond motifs is 5. The minimum atomic E-state index is -0.391. The Bertz CT molecular complexity index is 1630. The molecule has 220 valence electrons. The van der Waals surface area contributed by atoms with Crippen LogP contribution in [0.2, 0.25) is 0 Å². The summed E-state index contributed by atoms with van der Waals surface area (Å²) >= 11 is 0. The lowest BCUT2D eigenvalue weighted by molar-refractivity contribution is -0.132. The summed E-state index contributed by atoms with van der Waals surface area (Å²) in [5, 5.41) is 8.47. The van der Waals surface area contributed by atoms with E-state index in [0.29, 0.717) is 51.5 Å². The zero-order valence-electron chi connectivity index (χ0n) is 24.0. The van der Waals surface area contributed by atoms with Gasteiger partial charge in [-0.05, 0) is 41.8 Å². The highest BCUT2D eigenvalue weighted by Gasteiger charge is 2.40. The summed E-state index contributed by atoms with van der Waals surface area (Å²) in [4.78, 5) is 43.5. The maximum atomic E-state index is 13.5. The van der Waals surface area contributed by atoms with Gasteiger partial charge in [-0.1, -0.05) is 60.7 Å². The molecule has 4 aromatic rings. The van der Waals surface area contributed by atoms with Crippen molar-refractivity contribution >= 4 is 34.7 Å². The van der Waals surface area contributed by atoms with Crippen LogP contribution in [0.15, 0.2) is 91.1 Å². The number of ether oxygens (including phenoxy) is 1. The second kappa shape index (κ2) is 12.9. The number of benzene rings is 3. The normalized spacial score (nSPS) is 19.5. The van der Waals surface area contributed by atoms with Gasteiger partial charge in [0.05, 0.1) is 24.2 Å². The first kappa shape index (κ1) is 28.2. The number of nitrogens with zero attached hydrogens (tertiary/aromatic N) is 4. The Labute approximate surface area is 250 Å². The Balaban J connectivity index is 1.16. The number of likely N-dealkylation sites (tertiary alicyclic amines) is 1. The molecule has 2 bridgehead atoms. The topological polar surface area (TPSA) is 96.8 Å². The fourth-order valence-electron chi connectivity index (χ4n) is 5.89. The molecule has 0 radical (unpaired) electrons. The van der Waals surface area contributed by atoms with Crippen LogP contribution in [0.25, 0.3) is 17.0 Å². The van der Waals surface area contributed by atoms with Gasteiger partial charge in [0.15, 0.2) is 0 Å². The average molecular weight is 578 g/mol. The molecule has 2 aliphatic heterocycles. The van der Waals surface area contributed by atoms with E-state index in [-0.39, 0.29) is 30.2 Å². The van der Waals surface area contributed by atoms with Crippen LogP contribution in [0, 0.1) is 5.92 Å². The van der Waals surface area contributed by atoms with Crippen LogP contribution in [-0.4, -0.2) is 76.6 Å². The summed E-state index contributed by atoms with van der Waals surface area (Å²) in [6, 6.07) is 25.2. The largest absolute Gasteiger partial charge is 0.492 e. The molecule has 9 nitrogen and oxygen atoms in total. The van der Waals surface area contributed by atoms with Crippen LogP contribution in [0.1, 0.15) is 23.5 Å². The van der Waals surface area contributed by atoms with Crippen molar-refractivity contribution in [3.63, 3.8) is 0 Å². The summed E-state index contributed by atoms with van der Waals surface area (Å²) in [5.74, 6) is -0.128. The van der Waals surface area contributed by atoms with Gasteiger partial charge in [0, 0.05) is 43.6 Å². The second-order valence-corrected chi connectivity index (χ2v) is 11.0. The highest BCUT2D eigenvalue weighted by molar-refractivity contribution is 5.93. The van der Waals surface area contributed by atoms with Gasteiger partial charge in [-0.3, -0.25) is 19.1 Å². The lowest BCUT2D eigenvalue weighted by atomic mass is 9.88. The number of carbonyl (C=O) groups excluding carboxylic acids is 3. The van der Waals surface area contributed by atoms with Crippen LogP contribution in [0.5, 0.6) is 5.75 Å². The van der Waals surface area contributed by atoms with E-state index in [0.717, 1.165) is 22.0 Å². The third kappa shape index (κ3) is 6.61. The minimum Gasteiger partial charge on any atom is -0.492 e. The van der Waals surface area contributed by atoms with E-state index in [4.69, 9.17) is 4.74 Å². The van der Waals surface area contributed by atoms with E-state index in [1.54, 1.807) is 32.8 Å². The van der Waals surface area contributed by atoms with Crippen molar-refractivity contribution in [3.05, 3.63) is 102 Å². The number of amides is 3. The first-order valence-electron chi connectivity index (χ1n) is 14.8. The van der Waals surface area contributed by atoms with Crippen molar-refractivity contribution in [2.45, 2.75) is 18.9 Å². The number of para-hydroxylation sites is 1. The molecule has 3 amide bonds. The molecule has 1 aromatic heterocycles. The van der Waals surface area contributed by atoms with Crippen molar-refractivity contribution in [2.24, 2.45) is 5.92 Å². The van der Waals surface area contributed by atoms with Gasteiger partial charge in [0.25, 0.3) is 0 Å². The molecule has 1 fully saturated rings. The van der Waals surface area contributed by atoms with E-state index >= 15 is 0 Å². The van der Waals surface area contributed by atoms with Gasteiger partial charge >= 0.3 is 0 Å². The molecule has 6 rings (SSSR count). The smallest absolute Gasteiger partial charge is 0.246 e. The molecule has 1 N–H and O–H groups in total. The van der Waals surface area contributed by atoms with E-state index in [2.05, 4.69) is 10.4 Å². The molecule has 0 unspecified atom stereocenters. The predicted molar refractivity (Wildman–Crippen MR) is 164 cm³/mol. The molecular formula is C34H35N5O4. The monoisotopic (exact) mass is 577 g/mol. The Hall–Kier alpha value is -4.92. The molecule has 2 atom stereocenters. The summed E-state index contributed by atoms with van der Waals surface area (Å²) < 4.78 is 7.83. The standard InChI is InChI=1S/C34H35N5O4/c40-32(15-14-25-8-2-1-3-9-25)38-22-29-26-11-6-12-28(20-26)43-19-18-37(17-7-16-35-34(42)30(29)23-38)33(41)24-39-31-13-5-4-10-27(31)21-36-39/h1-6,8-15,20-21,29-30H,7,16-19,22-24H2,(H,35,42)/t29-,30+/m1/s1. The van der Waals surface area contributed by atoms with Crippen molar-refractivity contribution in [1.29, 1.82) is 0 Å². The summed E-state index contributed by atoms with van der Waals surface area (Å²) in [7, 11) is 0. The number of carbonyl (C=O) groups is 3. The van der Waals surface area contributed by atoms with Gasteiger partial charge in [0.2, 0.25) is 17.7 Å². The maximum absolute atomic E-state index is 13.5. The van der Waals surface area contributed by atoms with Crippen molar-refractivity contribution in [2.75, 3.05) is 39.3 Å². The number of aromatic nitrogens is 2. The molecule has 0 aliphatic carbocycles. The SMILES string of the molecule is O=C1NCCCN(C(=O)Cn2ncc3ccccc32)CCOc2cccc(c2)[C@H]2CN(C(=O)C=Cc3ccccc3)C[C@H]12. The lowest BCUT2D eigenvalue weighted by Crippen LogP contribution is -2.40. The summed E-state index contributed by atoms with van der Waals surface area (Å²) in [6.07, 6.45) is 5.74. The zero-order valence-corrected chi connectivity index (χ0v) is 24.0. The number of rotatable bonds is 4. The van der Waals surface area contributed by atoms with Gasteiger partial charge in [-0.25, -0.2) is 0 Å². The number of nitrogens with one attached hydrogen (secondary N) is 1. The van der Waals surface area contributed by atoms with Crippen LogP contribution in [0.3, 0.4) is 0 Å². The Morgan fingerprint density at radius 2 is 1.74 bits per heavy atom. The highest BCUT2D eigenvalue weighted by atomic mass is 16.5. The van der Waals surface area contributed by atoms with Crippen molar-refractivity contribution in [1.82, 2.24) is 24.9 Å². The third-order valence-electron chi connectivity index (χ3n) is 8.20. The Morgan fingerprint density at radius 1 is 0.930 bits per heavy atom. The van der Waals surface area contributed by atoms with E-state index in [1.165, 1.54) is 0 Å². The lowest BCUT2D eigenvalue weighted by Gasteiger charge is -2.25. The van der Waals surface area contributed by atoms with Crippen LogP contribution in [0.4, 0.5) is 0 Å². The fraction of sp³-hybridized carbons (Fsp3) is 0.294. The summed E-state index contributed by atoms with van der Waals surface area (Å²) in [5.41, 5.74) is 2.81. The molecule has 3 heterocycles. The third-order valence-corrected chi connectivity index (χ3v) is 8.20. The molecule has 1 saturated heterocycles. The zero-order chi connectivity index (χ0) is 29.6. The highest BCUT2D eigenvalue weighted by Crippen LogP contribution is 2.35. The van der Waals surface area contributed by atoms with Gasteiger partial charge < -0.3 is 19.9 Å². The minimum absolute atomic E-state index is 0.0572. The Kier molecular flexibility index (Phi) is 8.49. The fourth-order valence-corrected chi connectivity index (χ4v) is 5.89. The van der Waals surface area contributed by atoms with E-state index in [9.17, 15) is 14.4 Å². The van der Waals surface area contributed by atoms with Crippen LogP contribution >= 0.6 is 0 Å². The van der Waals surface area contributed by atoms with E-state index < -0.39 is 5.92 Å². The van der Waals surface area contributed by atoms with Crippen LogP contribution < -0.4 is 10.1 Å². The quantitative estimate of drug-likeness (QED) is 0.373. The molecule has 0 spiro atoms. The molecule has 0 saturated carbocycles. The molecule has 43 heavy (non-hydrogen) atoms. The van der Waals surface area contributed by atoms with Crippen molar-refractivity contribution < 1.29 is 19.1 Å². The van der Waals surface area contributed by atoms with Crippen LogP contribution in [-0.2, 0) is 20.9 Å². The predicted octanol–water partition coefficient (Wildman–Crippen LogP) is 3.72. The molecule has 2 aliphatic rings. The van der Waals surface area contributed by atoms with E-state index in [1.807, 2.05) is 78.9 Å². The average Bonchev–Trinajstić information content (AvgIpc) is 3.66. The molecular weight excluding hydrogens is 542 g/mol. The maximum Gasteiger partial charge on any atom is 0.246 e. The summed E-state index contributed by atoms with van der Waals surface area (Å²) in [6.45, 7) is 2.57. The number of hydrogen-bond acceptors (Lipinski definition) is 5. The molecule has 3 aromatic carbocycles. The molecule has 9 heteroatoms. The van der Waals surface area contributed by atoms with Gasteiger partial charge in [-0.2, -0.15) is 5.10 Å².